The highest BCUT2D eigenvalue weighted by Crippen LogP contribution is 2.13. The van der Waals surface area contributed by atoms with Crippen LogP contribution in [0.3, 0.4) is 0 Å². The van der Waals surface area contributed by atoms with Crippen LogP contribution < -0.4 is 4.74 Å². The Morgan fingerprint density at radius 1 is 1.33 bits per heavy atom. The van der Waals surface area contributed by atoms with E-state index in [0.717, 1.165) is 3.57 Å². The van der Waals surface area contributed by atoms with Gasteiger partial charge >= 0.3 is 5.97 Å². The molecule has 0 aliphatic rings. The van der Waals surface area contributed by atoms with Gasteiger partial charge in [0.25, 0.3) is 0 Å². The minimum absolute atomic E-state index is 0.0429. The summed E-state index contributed by atoms with van der Waals surface area (Å²) in [5.41, 5.74) is 0. The molecule has 0 N–H and O–H groups in total. The third-order valence-electron chi connectivity index (χ3n) is 1.54. The number of esters is 1. The summed E-state index contributed by atoms with van der Waals surface area (Å²) in [5.74, 6) is 0.333. The summed E-state index contributed by atoms with van der Waals surface area (Å²) in [6, 6.07) is 7.49. The Morgan fingerprint density at radius 2 is 1.93 bits per heavy atom. The second kappa shape index (κ2) is 5.95. The minimum Gasteiger partial charge on any atom is -0.482 e. The summed E-state index contributed by atoms with van der Waals surface area (Å²) in [5, 5.41) is 0. The molecule has 1 rings (SSSR count). The van der Waals surface area contributed by atoms with Crippen LogP contribution >= 0.6 is 22.6 Å². The molecule has 0 spiro atoms. The topological polar surface area (TPSA) is 35.5 Å². The molecule has 0 atom stereocenters. The van der Waals surface area contributed by atoms with Crippen LogP contribution in [0.1, 0.15) is 13.8 Å². The van der Waals surface area contributed by atoms with Gasteiger partial charge in [0.15, 0.2) is 6.61 Å². The van der Waals surface area contributed by atoms with Gasteiger partial charge in [-0.15, -0.1) is 0 Å². The van der Waals surface area contributed by atoms with Crippen LogP contribution in [-0.2, 0) is 9.53 Å². The van der Waals surface area contributed by atoms with Crippen molar-refractivity contribution in [3.63, 3.8) is 0 Å². The molecule has 1 aromatic rings. The fourth-order valence-electron chi connectivity index (χ4n) is 0.970. The van der Waals surface area contributed by atoms with Crippen molar-refractivity contribution in [1.29, 1.82) is 0 Å². The smallest absolute Gasteiger partial charge is 0.344 e. The Morgan fingerprint density at radius 3 is 2.47 bits per heavy atom. The van der Waals surface area contributed by atoms with E-state index >= 15 is 0 Å². The van der Waals surface area contributed by atoms with E-state index in [4.69, 9.17) is 9.47 Å². The minimum atomic E-state index is -0.344. The van der Waals surface area contributed by atoms with Gasteiger partial charge < -0.3 is 9.47 Å². The zero-order chi connectivity index (χ0) is 11.3. The van der Waals surface area contributed by atoms with Crippen molar-refractivity contribution in [3.05, 3.63) is 27.8 Å². The first-order valence-corrected chi connectivity index (χ1v) is 5.73. The maximum absolute atomic E-state index is 11.1. The second-order valence-corrected chi connectivity index (χ2v) is 4.53. The lowest BCUT2D eigenvalue weighted by Gasteiger charge is -2.09. The lowest BCUT2D eigenvalue weighted by molar-refractivity contribution is -0.149. The van der Waals surface area contributed by atoms with Gasteiger partial charge in [-0.05, 0) is 60.7 Å². The molecule has 0 fully saturated rings. The zero-order valence-corrected chi connectivity index (χ0v) is 10.9. The standard InChI is InChI=1S/C11H13IO3/c1-8(2)15-11(13)7-14-10-5-3-9(12)4-6-10/h3-6,8H,7H2,1-2H3. The van der Waals surface area contributed by atoms with Gasteiger partial charge in [0, 0.05) is 3.57 Å². The first-order valence-electron chi connectivity index (χ1n) is 4.66. The van der Waals surface area contributed by atoms with Gasteiger partial charge in [-0.3, -0.25) is 0 Å². The molecule has 0 saturated carbocycles. The molecule has 15 heavy (non-hydrogen) atoms. The Labute approximate surface area is 103 Å². The number of ether oxygens (including phenoxy) is 2. The van der Waals surface area contributed by atoms with E-state index < -0.39 is 0 Å². The van der Waals surface area contributed by atoms with Crippen LogP contribution in [-0.4, -0.2) is 18.7 Å². The van der Waals surface area contributed by atoms with Crippen LogP contribution in [0.5, 0.6) is 5.75 Å². The molecule has 0 aromatic heterocycles. The molecule has 4 heteroatoms. The summed E-state index contributed by atoms with van der Waals surface area (Å²) in [4.78, 5) is 11.1. The van der Waals surface area contributed by atoms with Crippen LogP contribution in [0.15, 0.2) is 24.3 Å². The summed E-state index contributed by atoms with van der Waals surface area (Å²) >= 11 is 2.21. The monoisotopic (exact) mass is 320 g/mol. The molecule has 3 nitrogen and oxygen atoms in total. The zero-order valence-electron chi connectivity index (χ0n) is 8.70. The molecule has 0 aliphatic heterocycles. The molecular weight excluding hydrogens is 307 g/mol. The van der Waals surface area contributed by atoms with E-state index in [1.807, 2.05) is 38.1 Å². The normalized spacial score (nSPS) is 10.1. The van der Waals surface area contributed by atoms with Gasteiger partial charge in [-0.2, -0.15) is 0 Å². The number of hydrogen-bond donors (Lipinski definition) is 0. The van der Waals surface area contributed by atoms with Gasteiger partial charge in [0.2, 0.25) is 0 Å². The van der Waals surface area contributed by atoms with Crippen LogP contribution in [0, 0.1) is 3.57 Å². The van der Waals surface area contributed by atoms with Crippen molar-refractivity contribution < 1.29 is 14.3 Å². The highest BCUT2D eigenvalue weighted by molar-refractivity contribution is 14.1. The van der Waals surface area contributed by atoms with Crippen molar-refractivity contribution in [2.24, 2.45) is 0 Å². The third kappa shape index (κ3) is 5.01. The largest absolute Gasteiger partial charge is 0.482 e. The Hall–Kier alpha value is -0.780. The maximum Gasteiger partial charge on any atom is 0.344 e. The fraction of sp³-hybridized carbons (Fsp3) is 0.364. The predicted molar refractivity (Wildman–Crippen MR) is 65.9 cm³/mol. The predicted octanol–water partition coefficient (Wildman–Crippen LogP) is 2.62. The number of carbonyl (C=O) groups excluding carboxylic acids is 1. The molecule has 0 radical (unpaired) electrons. The molecular formula is C11H13IO3. The summed E-state index contributed by atoms with van der Waals surface area (Å²) in [7, 11) is 0. The highest BCUT2D eigenvalue weighted by Gasteiger charge is 2.05. The lowest BCUT2D eigenvalue weighted by Crippen LogP contribution is -2.18. The number of halogens is 1. The highest BCUT2D eigenvalue weighted by atomic mass is 127. The van der Waals surface area contributed by atoms with Crippen molar-refractivity contribution in [2.75, 3.05) is 6.61 Å². The second-order valence-electron chi connectivity index (χ2n) is 3.28. The Bertz CT molecular complexity index is 319. The first-order chi connectivity index (χ1) is 7.08. The molecule has 0 amide bonds. The van der Waals surface area contributed by atoms with Crippen molar-refractivity contribution in [1.82, 2.24) is 0 Å². The number of carbonyl (C=O) groups is 1. The van der Waals surface area contributed by atoms with Crippen molar-refractivity contribution in [3.8, 4) is 5.75 Å². The molecule has 0 unspecified atom stereocenters. The van der Waals surface area contributed by atoms with Crippen LogP contribution in [0.25, 0.3) is 0 Å². The van der Waals surface area contributed by atoms with E-state index in [1.54, 1.807) is 0 Å². The molecule has 0 heterocycles. The first kappa shape index (κ1) is 12.3. The van der Waals surface area contributed by atoms with E-state index in [1.165, 1.54) is 0 Å². The van der Waals surface area contributed by atoms with E-state index in [-0.39, 0.29) is 18.7 Å². The Kier molecular flexibility index (Phi) is 4.87. The maximum atomic E-state index is 11.1. The fourth-order valence-corrected chi connectivity index (χ4v) is 1.33. The van der Waals surface area contributed by atoms with Gasteiger partial charge in [-0.1, -0.05) is 0 Å². The average molecular weight is 320 g/mol. The summed E-state index contributed by atoms with van der Waals surface area (Å²) in [6.07, 6.45) is -0.0992. The van der Waals surface area contributed by atoms with Gasteiger partial charge in [-0.25, -0.2) is 4.79 Å². The van der Waals surface area contributed by atoms with E-state index in [2.05, 4.69) is 22.6 Å². The lowest BCUT2D eigenvalue weighted by atomic mass is 10.3. The number of rotatable bonds is 4. The van der Waals surface area contributed by atoms with Crippen molar-refractivity contribution >= 4 is 28.6 Å². The third-order valence-corrected chi connectivity index (χ3v) is 2.26. The molecule has 0 aliphatic carbocycles. The summed E-state index contributed by atoms with van der Waals surface area (Å²) < 4.78 is 11.3. The van der Waals surface area contributed by atoms with Crippen LogP contribution in [0.4, 0.5) is 0 Å². The van der Waals surface area contributed by atoms with Crippen molar-refractivity contribution in [2.45, 2.75) is 20.0 Å². The SMILES string of the molecule is CC(C)OC(=O)COc1ccc(I)cc1. The van der Waals surface area contributed by atoms with Crippen LogP contribution in [0.2, 0.25) is 0 Å². The molecule has 1 aromatic carbocycles. The molecule has 0 saturated heterocycles. The number of hydrogen-bond acceptors (Lipinski definition) is 3. The van der Waals surface area contributed by atoms with E-state index in [0.29, 0.717) is 5.75 Å². The quantitative estimate of drug-likeness (QED) is 0.632. The van der Waals surface area contributed by atoms with E-state index in [9.17, 15) is 4.79 Å². The molecule has 82 valence electrons. The summed E-state index contributed by atoms with van der Waals surface area (Å²) in [6.45, 7) is 3.57. The van der Waals surface area contributed by atoms with Gasteiger partial charge in [0.1, 0.15) is 5.75 Å². The Balaban J connectivity index is 2.37. The number of benzene rings is 1. The average Bonchev–Trinajstić information content (AvgIpc) is 2.16. The molecule has 0 bridgehead atoms. The van der Waals surface area contributed by atoms with Gasteiger partial charge in [0.05, 0.1) is 6.10 Å².